The predicted octanol–water partition coefficient (Wildman–Crippen LogP) is 5.86. The molecule has 6 nitrogen and oxygen atoms in total. The number of aryl methyl sites for hydroxylation is 1. The molecule has 0 spiro atoms. The van der Waals surface area contributed by atoms with E-state index in [9.17, 15) is 4.79 Å². The minimum atomic E-state index is 0.247. The second kappa shape index (κ2) is 11.5. The molecular formula is C27H33N5OS. The first kappa shape index (κ1) is 24.2. The molecule has 0 bridgehead atoms. The van der Waals surface area contributed by atoms with E-state index in [-0.39, 0.29) is 5.91 Å². The third kappa shape index (κ3) is 5.58. The Balaban J connectivity index is 1.52. The number of benzene rings is 2. The number of carbonyl (C=O) groups is 1. The van der Waals surface area contributed by atoms with Crippen LogP contribution < -0.4 is 0 Å². The maximum atomic E-state index is 12.5. The van der Waals surface area contributed by atoms with Crippen molar-refractivity contribution in [2.75, 3.05) is 18.8 Å². The molecule has 0 saturated carbocycles. The number of amides is 1. The molecular weight excluding hydrogens is 442 g/mol. The van der Waals surface area contributed by atoms with Crippen molar-refractivity contribution in [3.05, 3.63) is 59.7 Å². The van der Waals surface area contributed by atoms with Crippen molar-refractivity contribution in [1.82, 2.24) is 24.6 Å². The second-order valence-electron chi connectivity index (χ2n) is 8.69. The zero-order valence-corrected chi connectivity index (χ0v) is 21.1. The first-order valence-corrected chi connectivity index (χ1v) is 13.2. The van der Waals surface area contributed by atoms with Crippen molar-refractivity contribution >= 4 is 39.7 Å². The summed E-state index contributed by atoms with van der Waals surface area (Å²) in [5.41, 5.74) is 5.22. The molecule has 4 aromatic rings. The maximum Gasteiger partial charge on any atom is 0.222 e. The second-order valence-corrected chi connectivity index (χ2v) is 9.75. The van der Waals surface area contributed by atoms with Gasteiger partial charge in [-0.3, -0.25) is 4.79 Å². The van der Waals surface area contributed by atoms with Gasteiger partial charge in [0, 0.05) is 37.2 Å². The van der Waals surface area contributed by atoms with E-state index in [1.54, 1.807) is 11.8 Å². The molecule has 2 heterocycles. The lowest BCUT2D eigenvalue weighted by Crippen LogP contribution is -2.32. The van der Waals surface area contributed by atoms with E-state index in [1.807, 2.05) is 11.0 Å². The van der Waals surface area contributed by atoms with Crippen LogP contribution in [0.4, 0.5) is 0 Å². The molecule has 0 fully saturated rings. The van der Waals surface area contributed by atoms with Crippen LogP contribution in [-0.2, 0) is 11.3 Å². The number of nitrogens with zero attached hydrogens (tertiary/aromatic N) is 5. The van der Waals surface area contributed by atoms with Gasteiger partial charge in [0.2, 0.25) is 11.1 Å². The molecule has 178 valence electrons. The molecule has 0 atom stereocenters. The van der Waals surface area contributed by atoms with Gasteiger partial charge in [0.25, 0.3) is 0 Å². The van der Waals surface area contributed by atoms with Crippen LogP contribution in [-0.4, -0.2) is 49.4 Å². The highest BCUT2D eigenvalue weighted by Gasteiger charge is 2.16. The Morgan fingerprint density at radius 3 is 2.53 bits per heavy atom. The van der Waals surface area contributed by atoms with E-state index in [4.69, 9.17) is 4.98 Å². The summed E-state index contributed by atoms with van der Waals surface area (Å²) in [4.78, 5) is 19.4. The Hall–Kier alpha value is -2.93. The number of fused-ring (bicyclic) bond motifs is 3. The van der Waals surface area contributed by atoms with E-state index in [0.29, 0.717) is 11.6 Å². The van der Waals surface area contributed by atoms with Crippen molar-refractivity contribution in [2.24, 2.45) is 0 Å². The molecule has 0 unspecified atom stereocenters. The largest absolute Gasteiger partial charge is 0.343 e. The molecule has 0 N–H and O–H groups in total. The maximum absolute atomic E-state index is 12.5. The van der Waals surface area contributed by atoms with Gasteiger partial charge in [0.15, 0.2) is 5.65 Å². The third-order valence-electron chi connectivity index (χ3n) is 5.89. The molecule has 1 amide bonds. The van der Waals surface area contributed by atoms with Crippen molar-refractivity contribution in [2.45, 2.75) is 58.2 Å². The average Bonchev–Trinajstić information content (AvgIpc) is 3.14. The summed E-state index contributed by atoms with van der Waals surface area (Å²) in [7, 11) is 0. The van der Waals surface area contributed by atoms with Crippen LogP contribution >= 0.6 is 11.8 Å². The van der Waals surface area contributed by atoms with Gasteiger partial charge in [-0.15, -0.1) is 10.2 Å². The monoisotopic (exact) mass is 475 g/mol. The van der Waals surface area contributed by atoms with Crippen LogP contribution in [0, 0.1) is 6.92 Å². The van der Waals surface area contributed by atoms with E-state index < -0.39 is 0 Å². The van der Waals surface area contributed by atoms with Crippen LogP contribution in [0.15, 0.2) is 53.7 Å². The van der Waals surface area contributed by atoms with E-state index in [1.165, 1.54) is 11.1 Å². The summed E-state index contributed by atoms with van der Waals surface area (Å²) >= 11 is 1.57. The minimum absolute atomic E-state index is 0.247. The zero-order valence-electron chi connectivity index (χ0n) is 20.3. The Kier molecular flexibility index (Phi) is 8.16. The normalized spacial score (nSPS) is 11.4. The van der Waals surface area contributed by atoms with Gasteiger partial charge in [-0.2, -0.15) is 0 Å². The van der Waals surface area contributed by atoms with Crippen molar-refractivity contribution in [3.63, 3.8) is 0 Å². The van der Waals surface area contributed by atoms with Crippen LogP contribution in [0.25, 0.3) is 22.1 Å². The Morgan fingerprint density at radius 1 is 1.03 bits per heavy atom. The highest BCUT2D eigenvalue weighted by molar-refractivity contribution is 7.99. The van der Waals surface area contributed by atoms with Gasteiger partial charge in [0.05, 0.1) is 5.52 Å². The molecule has 0 saturated heterocycles. The third-order valence-corrected chi connectivity index (χ3v) is 6.82. The first-order chi connectivity index (χ1) is 16.6. The summed E-state index contributed by atoms with van der Waals surface area (Å²) in [5.74, 6) is 1.04. The Labute approximate surface area is 205 Å². The summed E-state index contributed by atoms with van der Waals surface area (Å²) in [6.45, 7) is 8.74. The number of hydrogen-bond acceptors (Lipinski definition) is 5. The minimum Gasteiger partial charge on any atom is -0.343 e. The molecule has 0 aliphatic rings. The van der Waals surface area contributed by atoms with E-state index in [2.05, 4.69) is 78.0 Å². The highest BCUT2D eigenvalue weighted by atomic mass is 32.2. The molecule has 0 aliphatic carbocycles. The van der Waals surface area contributed by atoms with Crippen LogP contribution in [0.5, 0.6) is 0 Å². The lowest BCUT2D eigenvalue weighted by Gasteiger charge is -2.21. The average molecular weight is 476 g/mol. The number of aromatic nitrogens is 4. The molecule has 34 heavy (non-hydrogen) atoms. The van der Waals surface area contributed by atoms with E-state index >= 15 is 0 Å². The quantitative estimate of drug-likeness (QED) is 0.201. The number of thioether (sulfide) groups is 1. The molecule has 4 rings (SSSR count). The lowest BCUT2D eigenvalue weighted by atomic mass is 10.1. The molecule has 7 heteroatoms. The molecule has 0 radical (unpaired) electrons. The molecule has 2 aromatic heterocycles. The van der Waals surface area contributed by atoms with Gasteiger partial charge in [-0.1, -0.05) is 67.6 Å². The molecule has 2 aromatic carbocycles. The Bertz CT molecular complexity index is 1250. The van der Waals surface area contributed by atoms with Crippen molar-refractivity contribution < 1.29 is 4.79 Å². The van der Waals surface area contributed by atoms with Crippen LogP contribution in [0.3, 0.4) is 0 Å². The summed E-state index contributed by atoms with van der Waals surface area (Å²) in [6, 6.07) is 16.9. The first-order valence-electron chi connectivity index (χ1n) is 12.2. The van der Waals surface area contributed by atoms with Gasteiger partial charge < -0.3 is 9.47 Å². The van der Waals surface area contributed by atoms with Gasteiger partial charge in [-0.25, -0.2) is 4.98 Å². The smallest absolute Gasteiger partial charge is 0.222 e. The summed E-state index contributed by atoms with van der Waals surface area (Å²) in [5, 5.41) is 10.7. The van der Waals surface area contributed by atoms with Crippen LogP contribution in [0.2, 0.25) is 0 Å². The van der Waals surface area contributed by atoms with Crippen LogP contribution in [0.1, 0.15) is 50.7 Å². The SMILES string of the molecule is CCCN(CCC)C(=O)CCCSc1nnc2c3cc(C)ccc3n(Cc3ccccc3)c2n1. The van der Waals surface area contributed by atoms with Gasteiger partial charge >= 0.3 is 0 Å². The highest BCUT2D eigenvalue weighted by Crippen LogP contribution is 2.29. The fourth-order valence-electron chi connectivity index (χ4n) is 4.29. The lowest BCUT2D eigenvalue weighted by molar-refractivity contribution is -0.131. The molecule has 0 aliphatic heterocycles. The number of carbonyl (C=O) groups excluding carboxylic acids is 1. The van der Waals surface area contributed by atoms with Crippen molar-refractivity contribution in [1.29, 1.82) is 0 Å². The topological polar surface area (TPSA) is 63.9 Å². The van der Waals surface area contributed by atoms with E-state index in [0.717, 1.165) is 66.7 Å². The van der Waals surface area contributed by atoms with Gasteiger partial charge in [0.1, 0.15) is 5.52 Å². The predicted molar refractivity (Wildman–Crippen MR) is 140 cm³/mol. The van der Waals surface area contributed by atoms with Crippen molar-refractivity contribution in [3.8, 4) is 0 Å². The summed E-state index contributed by atoms with van der Waals surface area (Å²) < 4.78 is 2.23. The summed E-state index contributed by atoms with van der Waals surface area (Å²) in [6.07, 6.45) is 3.37. The Morgan fingerprint density at radius 2 is 1.79 bits per heavy atom. The van der Waals surface area contributed by atoms with Gasteiger partial charge in [-0.05, 0) is 43.9 Å². The number of rotatable bonds is 11. The number of hydrogen-bond donors (Lipinski definition) is 0. The fraction of sp³-hybridized carbons (Fsp3) is 0.407. The zero-order chi connectivity index (χ0) is 23.9. The fourth-order valence-corrected chi connectivity index (χ4v) is 5.01. The standard InChI is InChI=1S/C27H33N5OS/c1-4-15-31(16-5-2)24(33)12-9-17-34-27-28-26-25(29-30-27)22-18-20(3)13-14-23(22)32(26)19-21-10-7-6-8-11-21/h6-8,10-11,13-14,18H,4-5,9,12,15-17,19H2,1-3H3.